The lowest BCUT2D eigenvalue weighted by molar-refractivity contribution is -0.388. The molecule has 92 valence electrons. The fourth-order valence-electron chi connectivity index (χ4n) is 1.21. The van der Waals surface area contributed by atoms with Gasteiger partial charge in [0.2, 0.25) is 10.0 Å². The summed E-state index contributed by atoms with van der Waals surface area (Å²) in [5, 5.41) is 15.6. The lowest BCUT2D eigenvalue weighted by atomic mass is 10.2. The van der Waals surface area contributed by atoms with Gasteiger partial charge in [0.1, 0.15) is 5.56 Å². The lowest BCUT2D eigenvalue weighted by Crippen LogP contribution is -2.16. The molecule has 0 aliphatic rings. The zero-order valence-electron chi connectivity index (χ0n) is 8.61. The monoisotopic (exact) mass is 260 g/mol. The van der Waals surface area contributed by atoms with Gasteiger partial charge >= 0.3 is 11.7 Å². The van der Waals surface area contributed by atoms with Gasteiger partial charge in [0, 0.05) is 0 Å². The Kier molecular flexibility index (Phi) is 3.44. The van der Waals surface area contributed by atoms with Crippen LogP contribution in [0.25, 0.3) is 0 Å². The van der Waals surface area contributed by atoms with Gasteiger partial charge in [0.05, 0.1) is 12.0 Å². The van der Waals surface area contributed by atoms with E-state index >= 15 is 0 Å². The number of carbonyl (C=O) groups is 1. The fraction of sp³-hybridized carbons (Fsp3) is 0.125. The number of esters is 1. The molecule has 0 aromatic heterocycles. The highest BCUT2D eigenvalue weighted by Crippen LogP contribution is 2.27. The first kappa shape index (κ1) is 13.1. The Balaban J connectivity index is 3.66. The number of nitro groups is 1. The van der Waals surface area contributed by atoms with E-state index in [0.29, 0.717) is 0 Å². The van der Waals surface area contributed by atoms with Crippen LogP contribution in [0, 0.1) is 10.1 Å². The average molecular weight is 260 g/mol. The van der Waals surface area contributed by atoms with Crippen LogP contribution >= 0.6 is 0 Å². The Hall–Kier alpha value is -2.00. The number of hydrogen-bond donors (Lipinski definition) is 1. The molecule has 0 aliphatic carbocycles. The van der Waals surface area contributed by atoms with Crippen molar-refractivity contribution in [1.82, 2.24) is 0 Å². The molecule has 0 saturated carbocycles. The standard InChI is InChI=1S/C8H8N2O6S/c1-16-8(11)5-3-2-4-6(17(9,14)15)7(5)10(12)13/h2-4H,1H3,(H2,9,14,15). The number of hydrogen-bond acceptors (Lipinski definition) is 6. The Morgan fingerprint density at radius 2 is 2.06 bits per heavy atom. The topological polar surface area (TPSA) is 130 Å². The third-order valence-corrected chi connectivity index (χ3v) is 2.84. The molecule has 0 atom stereocenters. The summed E-state index contributed by atoms with van der Waals surface area (Å²) in [6.45, 7) is 0. The maximum atomic E-state index is 11.3. The number of methoxy groups -OCH3 is 1. The zero-order chi connectivity index (χ0) is 13.2. The minimum Gasteiger partial charge on any atom is -0.465 e. The molecular weight excluding hydrogens is 252 g/mol. The number of carbonyl (C=O) groups excluding carboxylic acids is 1. The molecule has 0 spiro atoms. The van der Waals surface area contributed by atoms with Crippen molar-refractivity contribution in [1.29, 1.82) is 0 Å². The summed E-state index contributed by atoms with van der Waals surface area (Å²) in [7, 11) is -3.27. The molecule has 1 aromatic carbocycles. The molecule has 0 aliphatic heterocycles. The summed E-state index contributed by atoms with van der Waals surface area (Å²) in [6.07, 6.45) is 0. The second-order valence-electron chi connectivity index (χ2n) is 2.95. The number of nitro benzene ring substituents is 1. The van der Waals surface area contributed by atoms with Crippen molar-refractivity contribution in [3.63, 3.8) is 0 Å². The van der Waals surface area contributed by atoms with Crippen LogP contribution in [0.2, 0.25) is 0 Å². The summed E-state index contributed by atoms with van der Waals surface area (Å²) < 4.78 is 26.6. The van der Waals surface area contributed by atoms with Crippen LogP contribution in [-0.2, 0) is 14.8 Å². The normalized spacial score (nSPS) is 10.9. The SMILES string of the molecule is COC(=O)c1cccc(S(N)(=O)=O)c1[N+](=O)[O-]. The van der Waals surface area contributed by atoms with Crippen LogP contribution in [0.5, 0.6) is 0 Å². The van der Waals surface area contributed by atoms with E-state index in [-0.39, 0.29) is 0 Å². The van der Waals surface area contributed by atoms with Gasteiger partial charge in [0.15, 0.2) is 4.90 Å². The molecule has 1 rings (SSSR count). The lowest BCUT2D eigenvalue weighted by Gasteiger charge is -2.04. The van der Waals surface area contributed by atoms with Gasteiger partial charge in [-0.05, 0) is 12.1 Å². The van der Waals surface area contributed by atoms with Gasteiger partial charge in [-0.3, -0.25) is 10.1 Å². The highest BCUT2D eigenvalue weighted by Gasteiger charge is 2.30. The van der Waals surface area contributed by atoms with E-state index in [9.17, 15) is 23.3 Å². The van der Waals surface area contributed by atoms with Crippen LogP contribution in [0.3, 0.4) is 0 Å². The van der Waals surface area contributed by atoms with Crippen molar-refractivity contribution in [2.45, 2.75) is 4.90 Å². The van der Waals surface area contributed by atoms with E-state index in [0.717, 1.165) is 19.2 Å². The summed E-state index contributed by atoms with van der Waals surface area (Å²) in [5.74, 6) is -1.01. The number of sulfonamides is 1. The first-order valence-corrected chi connectivity index (χ1v) is 5.72. The molecule has 0 unspecified atom stereocenters. The third kappa shape index (κ3) is 2.57. The molecule has 17 heavy (non-hydrogen) atoms. The number of ether oxygens (including phenoxy) is 1. The van der Waals surface area contributed by atoms with Crippen LogP contribution in [0.1, 0.15) is 10.4 Å². The largest absolute Gasteiger partial charge is 0.465 e. The number of rotatable bonds is 3. The van der Waals surface area contributed by atoms with Gasteiger partial charge in [-0.1, -0.05) is 6.07 Å². The van der Waals surface area contributed by atoms with Gasteiger partial charge < -0.3 is 4.74 Å². The third-order valence-electron chi connectivity index (χ3n) is 1.89. The highest BCUT2D eigenvalue weighted by atomic mass is 32.2. The summed E-state index contributed by atoms with van der Waals surface area (Å²) in [6, 6.07) is 3.19. The maximum Gasteiger partial charge on any atom is 0.344 e. The Morgan fingerprint density at radius 1 is 1.47 bits per heavy atom. The highest BCUT2D eigenvalue weighted by molar-refractivity contribution is 7.89. The molecule has 1 aromatic rings. The van der Waals surface area contributed by atoms with Crippen LogP contribution in [0.15, 0.2) is 23.1 Å². The smallest absolute Gasteiger partial charge is 0.344 e. The average Bonchev–Trinajstić information content (AvgIpc) is 2.25. The number of benzene rings is 1. The molecular formula is C8H8N2O6S. The second kappa shape index (κ2) is 4.47. The summed E-state index contributed by atoms with van der Waals surface area (Å²) >= 11 is 0. The van der Waals surface area contributed by atoms with Crippen LogP contribution in [-0.4, -0.2) is 26.4 Å². The first-order chi connectivity index (χ1) is 7.79. The number of nitrogens with zero attached hydrogens (tertiary/aromatic N) is 1. The van der Waals surface area contributed by atoms with E-state index in [1.807, 2.05) is 0 Å². The van der Waals surface area contributed by atoms with E-state index in [4.69, 9.17) is 5.14 Å². The predicted molar refractivity (Wildman–Crippen MR) is 55.8 cm³/mol. The Morgan fingerprint density at radius 3 is 2.47 bits per heavy atom. The summed E-state index contributed by atoms with van der Waals surface area (Å²) in [5.41, 5.74) is -1.36. The van der Waals surface area contributed by atoms with Gasteiger partial charge in [-0.25, -0.2) is 18.4 Å². The van der Waals surface area contributed by atoms with E-state index < -0.39 is 37.1 Å². The minimum atomic E-state index is -4.29. The molecule has 0 heterocycles. The predicted octanol–water partition coefficient (Wildman–Crippen LogP) is 0.0288. The second-order valence-corrected chi connectivity index (χ2v) is 4.48. The van der Waals surface area contributed by atoms with E-state index in [1.165, 1.54) is 6.07 Å². The van der Waals surface area contributed by atoms with Crippen LogP contribution in [0.4, 0.5) is 5.69 Å². The van der Waals surface area contributed by atoms with Gasteiger partial charge in [-0.2, -0.15) is 0 Å². The van der Waals surface area contributed by atoms with Crippen LogP contribution < -0.4 is 5.14 Å². The van der Waals surface area contributed by atoms with Crippen molar-refractivity contribution in [3.8, 4) is 0 Å². The molecule has 0 radical (unpaired) electrons. The Labute approximate surface area is 96.2 Å². The quantitative estimate of drug-likeness (QED) is 0.463. The van der Waals surface area contributed by atoms with Crippen molar-refractivity contribution in [2.24, 2.45) is 5.14 Å². The first-order valence-electron chi connectivity index (χ1n) is 4.17. The number of para-hydroxylation sites is 1. The maximum absolute atomic E-state index is 11.3. The van der Waals surface area contributed by atoms with Gasteiger partial charge in [-0.15, -0.1) is 0 Å². The van der Waals surface area contributed by atoms with Crippen molar-refractivity contribution in [2.75, 3.05) is 7.11 Å². The number of primary sulfonamides is 1. The molecule has 0 bridgehead atoms. The van der Waals surface area contributed by atoms with Crippen molar-refractivity contribution >= 4 is 21.7 Å². The number of nitrogens with two attached hydrogens (primary N) is 1. The van der Waals surface area contributed by atoms with Gasteiger partial charge in [0.25, 0.3) is 0 Å². The minimum absolute atomic E-state index is 0.468. The zero-order valence-corrected chi connectivity index (χ0v) is 9.43. The fourth-order valence-corrected chi connectivity index (χ4v) is 1.94. The molecule has 0 fully saturated rings. The molecule has 8 nitrogen and oxygen atoms in total. The van der Waals surface area contributed by atoms with E-state index in [2.05, 4.69) is 4.74 Å². The molecule has 2 N–H and O–H groups in total. The molecule has 0 amide bonds. The summed E-state index contributed by atoms with van der Waals surface area (Å²) in [4.78, 5) is 20.3. The van der Waals surface area contributed by atoms with Crippen molar-refractivity contribution < 1.29 is 22.9 Å². The van der Waals surface area contributed by atoms with E-state index in [1.54, 1.807) is 0 Å². The molecule has 0 saturated heterocycles. The Bertz CT molecular complexity index is 580. The van der Waals surface area contributed by atoms with Crippen molar-refractivity contribution in [3.05, 3.63) is 33.9 Å². The molecule has 9 heteroatoms.